The number of nitrogens with zero attached hydrogens (tertiary/aromatic N) is 3. The van der Waals surface area contributed by atoms with Crippen molar-refractivity contribution in [1.82, 2.24) is 9.97 Å². The van der Waals surface area contributed by atoms with Crippen LogP contribution in [0.25, 0.3) is 0 Å². The van der Waals surface area contributed by atoms with Crippen molar-refractivity contribution in [3.05, 3.63) is 42.2 Å². The zero-order valence-corrected chi connectivity index (χ0v) is 11.5. The number of hydrogen-bond donors (Lipinski definition) is 1. The first kappa shape index (κ1) is 13.3. The lowest BCUT2D eigenvalue weighted by Crippen LogP contribution is -2.20. The van der Waals surface area contributed by atoms with E-state index in [2.05, 4.69) is 33.9 Å². The highest BCUT2D eigenvalue weighted by molar-refractivity contribution is 5.61. The number of nitrogens with two attached hydrogens (primary N) is 1. The van der Waals surface area contributed by atoms with Gasteiger partial charge in [-0.2, -0.15) is 0 Å². The van der Waals surface area contributed by atoms with Gasteiger partial charge in [0.1, 0.15) is 17.5 Å². The summed E-state index contributed by atoms with van der Waals surface area (Å²) in [5, 5.41) is 0. The van der Waals surface area contributed by atoms with E-state index in [-0.39, 0.29) is 0 Å². The van der Waals surface area contributed by atoms with Gasteiger partial charge in [-0.1, -0.05) is 31.5 Å². The number of aromatic nitrogens is 2. The largest absolute Gasteiger partial charge is 0.384 e. The van der Waals surface area contributed by atoms with Crippen LogP contribution in [0.5, 0.6) is 0 Å². The minimum atomic E-state index is 0.514. The van der Waals surface area contributed by atoms with E-state index in [0.717, 1.165) is 30.9 Å². The van der Waals surface area contributed by atoms with Crippen molar-refractivity contribution in [1.29, 1.82) is 0 Å². The molecule has 0 atom stereocenters. The summed E-state index contributed by atoms with van der Waals surface area (Å²) < 4.78 is 0. The topological polar surface area (TPSA) is 55.0 Å². The van der Waals surface area contributed by atoms with Crippen molar-refractivity contribution in [3.8, 4) is 0 Å². The minimum absolute atomic E-state index is 0.514. The molecule has 0 aliphatic rings. The summed E-state index contributed by atoms with van der Waals surface area (Å²) in [6.07, 6.45) is 2.25. The molecule has 0 radical (unpaired) electrons. The number of hydrogen-bond acceptors (Lipinski definition) is 4. The first-order valence-corrected chi connectivity index (χ1v) is 6.64. The predicted octanol–water partition coefficient (Wildman–Crippen LogP) is 3.31. The maximum absolute atomic E-state index is 5.83. The molecule has 100 valence electrons. The Labute approximate surface area is 114 Å². The first-order chi connectivity index (χ1) is 9.20. The Kier molecular flexibility index (Phi) is 4.34. The monoisotopic (exact) mass is 256 g/mol. The van der Waals surface area contributed by atoms with Gasteiger partial charge in [0.05, 0.1) is 0 Å². The predicted molar refractivity (Wildman–Crippen MR) is 79.5 cm³/mol. The van der Waals surface area contributed by atoms with Gasteiger partial charge in [0.15, 0.2) is 0 Å². The quantitative estimate of drug-likeness (QED) is 0.891. The van der Waals surface area contributed by atoms with Crippen molar-refractivity contribution >= 4 is 17.3 Å². The van der Waals surface area contributed by atoms with Crippen LogP contribution in [0.3, 0.4) is 0 Å². The number of unbranched alkanes of at least 4 members (excludes halogenated alkanes) is 1. The summed E-state index contributed by atoms with van der Waals surface area (Å²) in [6.45, 7) is 4.97. The number of para-hydroxylation sites is 1. The number of benzene rings is 1. The minimum Gasteiger partial charge on any atom is -0.384 e. The van der Waals surface area contributed by atoms with Crippen LogP contribution in [0.2, 0.25) is 0 Å². The highest BCUT2D eigenvalue weighted by atomic mass is 15.2. The Morgan fingerprint density at radius 1 is 1.16 bits per heavy atom. The number of aryl methyl sites for hydroxylation is 1. The van der Waals surface area contributed by atoms with Gasteiger partial charge in [-0.05, 0) is 25.5 Å². The average molecular weight is 256 g/mol. The molecule has 19 heavy (non-hydrogen) atoms. The second kappa shape index (κ2) is 6.18. The molecule has 0 amide bonds. The molecule has 0 fully saturated rings. The van der Waals surface area contributed by atoms with Crippen LogP contribution >= 0.6 is 0 Å². The van der Waals surface area contributed by atoms with Crippen molar-refractivity contribution in [2.75, 3.05) is 17.2 Å². The Bertz CT molecular complexity index is 505. The van der Waals surface area contributed by atoms with Crippen LogP contribution in [0.15, 0.2) is 36.4 Å². The van der Waals surface area contributed by atoms with Crippen molar-refractivity contribution in [2.24, 2.45) is 0 Å². The number of anilines is 3. The van der Waals surface area contributed by atoms with E-state index in [1.807, 2.05) is 31.2 Å². The first-order valence-electron chi connectivity index (χ1n) is 6.64. The SMILES string of the molecule is CCCCN(c1ccccc1)c1cc(N)nc(C)n1. The summed E-state index contributed by atoms with van der Waals surface area (Å²) in [4.78, 5) is 10.8. The highest BCUT2D eigenvalue weighted by Gasteiger charge is 2.11. The fourth-order valence-corrected chi connectivity index (χ4v) is 2.01. The van der Waals surface area contributed by atoms with Crippen molar-refractivity contribution in [3.63, 3.8) is 0 Å². The second-order valence-electron chi connectivity index (χ2n) is 4.54. The number of rotatable bonds is 5. The summed E-state index contributed by atoms with van der Waals surface area (Å²) in [7, 11) is 0. The van der Waals surface area contributed by atoms with E-state index in [9.17, 15) is 0 Å². The van der Waals surface area contributed by atoms with Gasteiger partial charge in [0, 0.05) is 18.3 Å². The molecule has 0 aliphatic heterocycles. The third-order valence-electron chi connectivity index (χ3n) is 2.92. The second-order valence-corrected chi connectivity index (χ2v) is 4.54. The van der Waals surface area contributed by atoms with Crippen LogP contribution in [0.4, 0.5) is 17.3 Å². The molecule has 4 heteroatoms. The molecule has 2 N–H and O–H groups in total. The molecule has 0 saturated carbocycles. The van der Waals surface area contributed by atoms with Gasteiger partial charge in [0.2, 0.25) is 0 Å². The smallest absolute Gasteiger partial charge is 0.138 e. The molecule has 0 aliphatic carbocycles. The summed E-state index contributed by atoms with van der Waals surface area (Å²) in [6, 6.07) is 12.1. The van der Waals surface area contributed by atoms with Gasteiger partial charge in [-0.15, -0.1) is 0 Å². The van der Waals surface area contributed by atoms with E-state index in [4.69, 9.17) is 5.73 Å². The molecule has 1 heterocycles. The van der Waals surface area contributed by atoms with E-state index >= 15 is 0 Å². The maximum atomic E-state index is 5.83. The molecule has 4 nitrogen and oxygen atoms in total. The van der Waals surface area contributed by atoms with Crippen LogP contribution in [-0.4, -0.2) is 16.5 Å². The third-order valence-corrected chi connectivity index (χ3v) is 2.92. The van der Waals surface area contributed by atoms with Gasteiger partial charge < -0.3 is 10.6 Å². The lowest BCUT2D eigenvalue weighted by Gasteiger charge is -2.24. The van der Waals surface area contributed by atoms with Gasteiger partial charge in [0.25, 0.3) is 0 Å². The molecule has 0 spiro atoms. The molecule has 2 rings (SSSR count). The van der Waals surface area contributed by atoms with Gasteiger partial charge >= 0.3 is 0 Å². The molecule has 1 aromatic carbocycles. The maximum Gasteiger partial charge on any atom is 0.138 e. The lowest BCUT2D eigenvalue weighted by molar-refractivity contribution is 0.777. The van der Waals surface area contributed by atoms with Gasteiger partial charge in [-0.25, -0.2) is 9.97 Å². The normalized spacial score (nSPS) is 10.4. The van der Waals surface area contributed by atoms with Crippen molar-refractivity contribution < 1.29 is 0 Å². The molecule has 1 aromatic heterocycles. The van der Waals surface area contributed by atoms with E-state index < -0.39 is 0 Å². The summed E-state index contributed by atoms with van der Waals surface area (Å²) >= 11 is 0. The van der Waals surface area contributed by atoms with E-state index in [0.29, 0.717) is 11.6 Å². The van der Waals surface area contributed by atoms with E-state index in [1.54, 1.807) is 0 Å². The fraction of sp³-hybridized carbons (Fsp3) is 0.333. The zero-order valence-electron chi connectivity index (χ0n) is 11.5. The third kappa shape index (κ3) is 3.44. The van der Waals surface area contributed by atoms with Crippen LogP contribution < -0.4 is 10.6 Å². The van der Waals surface area contributed by atoms with Crippen LogP contribution in [0, 0.1) is 6.92 Å². The van der Waals surface area contributed by atoms with Gasteiger partial charge in [-0.3, -0.25) is 0 Å². The highest BCUT2D eigenvalue weighted by Crippen LogP contribution is 2.24. The Morgan fingerprint density at radius 3 is 2.53 bits per heavy atom. The molecular formula is C15H20N4. The van der Waals surface area contributed by atoms with Crippen molar-refractivity contribution in [2.45, 2.75) is 26.7 Å². The Hall–Kier alpha value is -2.10. The molecule has 2 aromatic rings. The van der Waals surface area contributed by atoms with Crippen LogP contribution in [0.1, 0.15) is 25.6 Å². The van der Waals surface area contributed by atoms with Crippen LogP contribution in [-0.2, 0) is 0 Å². The molecule has 0 bridgehead atoms. The summed E-state index contributed by atoms with van der Waals surface area (Å²) in [5.41, 5.74) is 6.96. The Morgan fingerprint density at radius 2 is 1.89 bits per heavy atom. The summed E-state index contributed by atoms with van der Waals surface area (Å²) in [5.74, 6) is 2.08. The number of nitrogen functional groups attached to an aromatic ring is 1. The molecule has 0 unspecified atom stereocenters. The van der Waals surface area contributed by atoms with E-state index in [1.165, 1.54) is 0 Å². The average Bonchev–Trinajstić information content (AvgIpc) is 2.39. The zero-order chi connectivity index (χ0) is 13.7. The molecular weight excluding hydrogens is 236 g/mol. The standard InChI is InChI=1S/C15H20N4/c1-3-4-10-19(13-8-6-5-7-9-13)15-11-14(16)17-12(2)18-15/h5-9,11H,3-4,10H2,1-2H3,(H2,16,17,18). The fourth-order valence-electron chi connectivity index (χ4n) is 2.01. The molecule has 0 saturated heterocycles. The lowest BCUT2D eigenvalue weighted by atomic mass is 10.2. The Balaban J connectivity index is 2.36.